The molecule has 0 bridgehead atoms. The molecule has 0 N–H and O–H groups in total. The van der Waals surface area contributed by atoms with Crippen molar-refractivity contribution in [3.05, 3.63) is 29.8 Å². The second kappa shape index (κ2) is 4.91. The molecule has 0 aromatic heterocycles. The highest BCUT2D eigenvalue weighted by atomic mass is 19.4. The van der Waals surface area contributed by atoms with Gasteiger partial charge in [-0.05, 0) is 12.1 Å². The third-order valence-corrected chi connectivity index (χ3v) is 2.05. The molecule has 0 atom stereocenters. The Morgan fingerprint density at radius 1 is 1.22 bits per heavy atom. The molecule has 0 spiro atoms. The Morgan fingerprint density at radius 3 is 2.33 bits per heavy atom. The molecule has 0 aliphatic rings. The zero-order chi connectivity index (χ0) is 14.0. The smallest absolute Gasteiger partial charge is 0.426 e. The summed E-state index contributed by atoms with van der Waals surface area (Å²) in [7, 11) is 0. The van der Waals surface area contributed by atoms with Crippen LogP contribution >= 0.6 is 0 Å². The van der Waals surface area contributed by atoms with Crippen LogP contribution < -0.4 is 4.74 Å². The highest BCUT2D eigenvalue weighted by Crippen LogP contribution is 2.37. The molecule has 0 unspecified atom stereocenters. The van der Waals surface area contributed by atoms with Crippen LogP contribution in [0.4, 0.5) is 22.0 Å². The Bertz CT molecular complexity index is 439. The van der Waals surface area contributed by atoms with Gasteiger partial charge in [-0.2, -0.15) is 22.0 Å². The van der Waals surface area contributed by atoms with Crippen LogP contribution in [0.1, 0.15) is 23.7 Å². The average molecular weight is 268 g/mol. The van der Waals surface area contributed by atoms with Crippen LogP contribution in [0.2, 0.25) is 0 Å². The third kappa shape index (κ3) is 3.18. The van der Waals surface area contributed by atoms with E-state index in [1.165, 1.54) is 12.1 Å². The van der Waals surface area contributed by atoms with E-state index in [1.807, 2.05) is 0 Å². The zero-order valence-electron chi connectivity index (χ0n) is 9.22. The number of ether oxygens (including phenoxy) is 1. The number of alkyl halides is 5. The number of carbonyl (C=O) groups excluding carboxylic acids is 1. The number of Topliss-reactive ketones (excluding diaryl/α,β-unsaturated/α-hetero) is 1. The van der Waals surface area contributed by atoms with Crippen LogP contribution in [0, 0.1) is 0 Å². The summed E-state index contributed by atoms with van der Waals surface area (Å²) in [5.41, 5.74) is 0.0213. The first-order chi connectivity index (χ1) is 8.17. The van der Waals surface area contributed by atoms with E-state index < -0.39 is 18.0 Å². The summed E-state index contributed by atoms with van der Waals surface area (Å²) in [6, 6.07) is 4.26. The first-order valence-corrected chi connectivity index (χ1v) is 4.94. The lowest BCUT2D eigenvalue weighted by molar-refractivity contribution is -0.360. The molecule has 0 saturated carbocycles. The highest BCUT2D eigenvalue weighted by molar-refractivity contribution is 5.96. The summed E-state index contributed by atoms with van der Waals surface area (Å²) in [5, 5.41) is 0. The summed E-state index contributed by atoms with van der Waals surface area (Å²) < 4.78 is 64.5. The normalized spacial score (nSPS) is 12.3. The fourth-order valence-corrected chi connectivity index (χ4v) is 1.14. The minimum absolute atomic E-state index is 0.0213. The molecule has 100 valence electrons. The van der Waals surface area contributed by atoms with Gasteiger partial charge in [0.15, 0.2) is 5.78 Å². The number of benzene rings is 1. The van der Waals surface area contributed by atoms with Gasteiger partial charge >= 0.3 is 12.3 Å². The van der Waals surface area contributed by atoms with E-state index in [9.17, 15) is 26.7 Å². The Labute approximate surface area is 99.4 Å². The molecule has 1 rings (SSSR count). The van der Waals surface area contributed by atoms with Gasteiger partial charge in [-0.1, -0.05) is 19.1 Å². The summed E-state index contributed by atoms with van der Waals surface area (Å²) >= 11 is 0. The lowest BCUT2D eigenvalue weighted by atomic mass is 10.1. The summed E-state index contributed by atoms with van der Waals surface area (Å²) in [4.78, 5) is 11.3. The SMILES string of the molecule is CCC(=O)c1cccc(OC(F)(F)C(F)(F)F)c1. The Hall–Kier alpha value is -1.66. The summed E-state index contributed by atoms with van der Waals surface area (Å²) in [6.45, 7) is 1.54. The zero-order valence-corrected chi connectivity index (χ0v) is 9.22. The standard InChI is InChI=1S/C11H9F5O2/c1-2-9(17)7-4-3-5-8(6-7)18-11(15,16)10(12,13)14/h3-6H,2H2,1H3. The number of carbonyl (C=O) groups is 1. The van der Waals surface area contributed by atoms with Gasteiger partial charge < -0.3 is 4.74 Å². The lowest BCUT2D eigenvalue weighted by Gasteiger charge is -2.20. The van der Waals surface area contributed by atoms with E-state index in [4.69, 9.17) is 0 Å². The van der Waals surface area contributed by atoms with Crippen LogP contribution in [0.15, 0.2) is 24.3 Å². The van der Waals surface area contributed by atoms with Crippen LogP contribution in [0.25, 0.3) is 0 Å². The largest absolute Gasteiger partial charge is 0.499 e. The van der Waals surface area contributed by atoms with Crippen molar-refractivity contribution in [3.8, 4) is 5.75 Å². The van der Waals surface area contributed by atoms with Gasteiger partial charge in [0, 0.05) is 12.0 Å². The quantitative estimate of drug-likeness (QED) is 0.613. The number of rotatable bonds is 4. The molecule has 2 nitrogen and oxygen atoms in total. The maximum Gasteiger partial charge on any atom is 0.499 e. The maximum absolute atomic E-state index is 12.6. The predicted molar refractivity (Wildman–Crippen MR) is 52.7 cm³/mol. The lowest BCUT2D eigenvalue weighted by Crippen LogP contribution is -2.41. The van der Waals surface area contributed by atoms with Gasteiger partial charge in [-0.15, -0.1) is 0 Å². The van der Waals surface area contributed by atoms with Crippen LogP contribution in [0.3, 0.4) is 0 Å². The van der Waals surface area contributed by atoms with E-state index in [0.717, 1.165) is 12.1 Å². The number of ketones is 1. The number of hydrogen-bond donors (Lipinski definition) is 0. The minimum Gasteiger partial charge on any atom is -0.426 e. The van der Waals surface area contributed by atoms with Crippen LogP contribution in [0.5, 0.6) is 5.75 Å². The van der Waals surface area contributed by atoms with Crippen molar-refractivity contribution in [2.45, 2.75) is 25.6 Å². The Balaban J connectivity index is 2.96. The van der Waals surface area contributed by atoms with E-state index in [2.05, 4.69) is 4.74 Å². The van der Waals surface area contributed by atoms with Gasteiger partial charge in [0.25, 0.3) is 0 Å². The molecule has 0 amide bonds. The molecule has 0 fully saturated rings. The molecule has 0 aliphatic heterocycles. The van der Waals surface area contributed by atoms with E-state index in [0.29, 0.717) is 0 Å². The summed E-state index contributed by atoms with van der Waals surface area (Å²) in [5.74, 6) is -1.09. The molecule has 7 heteroatoms. The molecule has 0 saturated heterocycles. The van der Waals surface area contributed by atoms with Gasteiger partial charge in [0.2, 0.25) is 0 Å². The Morgan fingerprint density at radius 2 is 1.83 bits per heavy atom. The monoisotopic (exact) mass is 268 g/mol. The molecule has 0 radical (unpaired) electrons. The highest BCUT2D eigenvalue weighted by Gasteiger charge is 2.61. The van der Waals surface area contributed by atoms with Crippen molar-refractivity contribution >= 4 is 5.78 Å². The third-order valence-electron chi connectivity index (χ3n) is 2.05. The van der Waals surface area contributed by atoms with E-state index in [1.54, 1.807) is 6.92 Å². The molecule has 1 aromatic carbocycles. The minimum atomic E-state index is -5.81. The van der Waals surface area contributed by atoms with Crippen molar-refractivity contribution in [2.75, 3.05) is 0 Å². The van der Waals surface area contributed by atoms with Gasteiger partial charge in [-0.3, -0.25) is 4.79 Å². The molecule has 0 heterocycles. The van der Waals surface area contributed by atoms with Gasteiger partial charge in [-0.25, -0.2) is 0 Å². The van der Waals surface area contributed by atoms with Crippen molar-refractivity contribution in [1.29, 1.82) is 0 Å². The van der Waals surface area contributed by atoms with Crippen molar-refractivity contribution < 1.29 is 31.5 Å². The van der Waals surface area contributed by atoms with Crippen LogP contribution in [-0.2, 0) is 0 Å². The number of halogens is 5. The second-order valence-electron chi connectivity index (χ2n) is 3.42. The second-order valence-corrected chi connectivity index (χ2v) is 3.42. The molecular weight excluding hydrogens is 259 g/mol. The van der Waals surface area contributed by atoms with Crippen molar-refractivity contribution in [1.82, 2.24) is 0 Å². The molecule has 0 aliphatic carbocycles. The predicted octanol–water partition coefficient (Wildman–Crippen LogP) is 3.81. The van der Waals surface area contributed by atoms with Gasteiger partial charge in [0.1, 0.15) is 5.75 Å². The number of hydrogen-bond acceptors (Lipinski definition) is 2. The van der Waals surface area contributed by atoms with E-state index >= 15 is 0 Å². The Kier molecular flexibility index (Phi) is 3.93. The van der Waals surface area contributed by atoms with Crippen molar-refractivity contribution in [2.24, 2.45) is 0 Å². The fraction of sp³-hybridized carbons (Fsp3) is 0.364. The van der Waals surface area contributed by atoms with Gasteiger partial charge in [0.05, 0.1) is 0 Å². The first kappa shape index (κ1) is 14.4. The van der Waals surface area contributed by atoms with Crippen LogP contribution in [-0.4, -0.2) is 18.1 Å². The molecule has 1 aromatic rings. The topological polar surface area (TPSA) is 26.3 Å². The maximum atomic E-state index is 12.6. The first-order valence-electron chi connectivity index (χ1n) is 4.94. The van der Waals surface area contributed by atoms with Crippen molar-refractivity contribution in [3.63, 3.8) is 0 Å². The fourth-order valence-electron chi connectivity index (χ4n) is 1.14. The summed E-state index contributed by atoms with van der Waals surface area (Å²) in [6.07, 6.45) is -11.0. The molecular formula is C11H9F5O2. The average Bonchev–Trinajstić information content (AvgIpc) is 2.26. The van der Waals surface area contributed by atoms with E-state index in [-0.39, 0.29) is 17.8 Å². The molecule has 18 heavy (non-hydrogen) atoms.